The van der Waals surface area contributed by atoms with Crippen LogP contribution in [-0.2, 0) is 55.9 Å². The van der Waals surface area contributed by atoms with Gasteiger partial charge in [-0.2, -0.15) is 0 Å². The molecule has 1 aromatic carbocycles. The number of amides is 3. The molecule has 3 amide bonds. The zero-order valence-corrected chi connectivity index (χ0v) is 26.0. The highest BCUT2D eigenvalue weighted by Gasteiger charge is 2.34. The molecule has 46 heavy (non-hydrogen) atoms. The van der Waals surface area contributed by atoms with E-state index in [0.717, 1.165) is 28.9 Å². The van der Waals surface area contributed by atoms with E-state index in [9.17, 15) is 29.4 Å². The van der Waals surface area contributed by atoms with E-state index in [1.165, 1.54) is 18.6 Å². The number of benzene rings is 1. The van der Waals surface area contributed by atoms with Crippen LogP contribution in [0.4, 0.5) is 0 Å². The second-order valence-electron chi connectivity index (χ2n) is 10.5. The molecule has 3 rings (SSSR count). The molecule has 0 aliphatic carbocycles. The number of carbonyl (C=O) groups is 4. The van der Waals surface area contributed by atoms with Crippen molar-refractivity contribution in [1.29, 1.82) is 0 Å². The largest absolute Gasteiger partial charge is 0.479 e. The highest BCUT2D eigenvalue weighted by atomic mass is 16.7. The third-order valence-electron chi connectivity index (χ3n) is 6.87. The Morgan fingerprint density at radius 2 is 1.74 bits per heavy atom. The summed E-state index contributed by atoms with van der Waals surface area (Å²) < 4.78 is 33.5. The van der Waals surface area contributed by atoms with Crippen molar-refractivity contribution in [2.75, 3.05) is 59.8 Å². The number of aliphatic hydroxyl groups excluding tert-OH is 1. The third kappa shape index (κ3) is 13.2. The summed E-state index contributed by atoms with van der Waals surface area (Å²) in [6.45, 7) is 2.98. The number of carboxylic acid groups (broad SMARTS) is 1. The van der Waals surface area contributed by atoms with Crippen LogP contribution >= 0.6 is 0 Å². The Kier molecular flexibility index (Phi) is 16.1. The summed E-state index contributed by atoms with van der Waals surface area (Å²) in [4.78, 5) is 51.0. The van der Waals surface area contributed by atoms with E-state index in [1.54, 1.807) is 13.1 Å². The van der Waals surface area contributed by atoms with Gasteiger partial charge in [-0.05, 0) is 30.5 Å². The van der Waals surface area contributed by atoms with Crippen LogP contribution in [0.1, 0.15) is 36.8 Å². The number of imide groups is 1. The first kappa shape index (κ1) is 36.6. The number of aryl methyl sites for hydroxylation is 1. The van der Waals surface area contributed by atoms with Crippen LogP contribution in [-0.4, -0.2) is 123 Å². The summed E-state index contributed by atoms with van der Waals surface area (Å²) in [7, 11) is 1.59. The normalized spacial score (nSPS) is 19.6. The maximum atomic E-state index is 11.8. The lowest BCUT2D eigenvalue weighted by Crippen LogP contribution is -2.42. The Labute approximate surface area is 267 Å². The number of carboxylic acids is 1. The summed E-state index contributed by atoms with van der Waals surface area (Å²) in [5.74, 6) is -1.76. The number of aliphatic carboxylic acids is 1. The van der Waals surface area contributed by atoms with Gasteiger partial charge < -0.3 is 44.0 Å². The predicted molar refractivity (Wildman–Crippen MR) is 162 cm³/mol. The minimum Gasteiger partial charge on any atom is -0.479 e. The fourth-order valence-corrected chi connectivity index (χ4v) is 4.59. The second kappa shape index (κ2) is 20.3. The predicted octanol–water partition coefficient (Wildman–Crippen LogP) is 0.604. The lowest BCUT2D eigenvalue weighted by molar-refractivity contribution is -0.195. The molecular weight excluding hydrogens is 606 g/mol. The third-order valence-corrected chi connectivity index (χ3v) is 6.87. The number of carbonyl (C=O) groups excluding carboxylic acids is 3. The zero-order valence-electron chi connectivity index (χ0n) is 26.0. The monoisotopic (exact) mass is 649 g/mol. The van der Waals surface area contributed by atoms with E-state index in [4.69, 9.17) is 28.4 Å². The average molecular weight is 650 g/mol. The summed E-state index contributed by atoms with van der Waals surface area (Å²) >= 11 is 0. The molecule has 1 saturated heterocycles. The molecule has 2 heterocycles. The maximum absolute atomic E-state index is 11.8. The molecule has 0 aromatic heterocycles. The van der Waals surface area contributed by atoms with Gasteiger partial charge >= 0.3 is 5.97 Å². The highest BCUT2D eigenvalue weighted by molar-refractivity contribution is 6.13. The Morgan fingerprint density at radius 3 is 2.43 bits per heavy atom. The van der Waals surface area contributed by atoms with Crippen molar-refractivity contribution in [3.63, 3.8) is 0 Å². The number of rotatable bonds is 22. The second-order valence-corrected chi connectivity index (χ2v) is 10.5. The lowest BCUT2D eigenvalue weighted by Gasteiger charge is -2.31. The zero-order chi connectivity index (χ0) is 33.1. The minimum atomic E-state index is -1.14. The first-order valence-electron chi connectivity index (χ1n) is 15.2. The van der Waals surface area contributed by atoms with Gasteiger partial charge in [-0.3, -0.25) is 24.3 Å². The molecule has 0 saturated carbocycles. The van der Waals surface area contributed by atoms with Crippen LogP contribution in [0, 0.1) is 0 Å². The summed E-state index contributed by atoms with van der Waals surface area (Å²) in [5, 5.41) is 22.0. The van der Waals surface area contributed by atoms with Gasteiger partial charge in [0.05, 0.1) is 39.1 Å². The number of nitrogens with zero attached hydrogens (tertiary/aromatic N) is 2. The van der Waals surface area contributed by atoms with Gasteiger partial charge in [0.25, 0.3) is 11.8 Å². The molecule has 3 atom stereocenters. The van der Waals surface area contributed by atoms with Gasteiger partial charge in [-0.1, -0.05) is 6.07 Å². The quantitative estimate of drug-likeness (QED) is 0.0687. The number of hydrogen-bond acceptors (Lipinski definition) is 12. The number of aliphatic imine (C=N–C) groups is 1. The van der Waals surface area contributed by atoms with Crippen molar-refractivity contribution in [2.45, 2.75) is 57.2 Å². The number of aliphatic hydroxyl groups is 1. The SMILES string of the molecule is C/N=C\OCc1cc(CCCOCCOCCOCCNC(=O)CCN2C(=O)C=CC2=O)ccc1OC1CC(O)CC(C(=O)O)O1. The Hall–Kier alpha value is -3.89. The molecule has 0 spiro atoms. The van der Waals surface area contributed by atoms with E-state index in [0.29, 0.717) is 51.9 Å². The number of nitrogens with one attached hydrogen (secondary N) is 1. The van der Waals surface area contributed by atoms with Crippen molar-refractivity contribution in [1.82, 2.24) is 10.2 Å². The molecule has 254 valence electrons. The fraction of sp³-hybridized carbons (Fsp3) is 0.581. The molecule has 0 radical (unpaired) electrons. The van der Waals surface area contributed by atoms with E-state index in [2.05, 4.69) is 10.3 Å². The van der Waals surface area contributed by atoms with E-state index in [-0.39, 0.29) is 38.3 Å². The molecule has 1 aromatic rings. The van der Waals surface area contributed by atoms with Crippen LogP contribution in [0.3, 0.4) is 0 Å². The van der Waals surface area contributed by atoms with Gasteiger partial charge in [-0.25, -0.2) is 4.79 Å². The van der Waals surface area contributed by atoms with Crippen LogP contribution in [0.25, 0.3) is 0 Å². The topological polar surface area (TPSA) is 192 Å². The first-order chi connectivity index (χ1) is 22.3. The standard InChI is InChI=1S/C31H43N3O12/c1-32-21-44-20-23-17-22(4-5-25(23)45-30-19-24(35)18-26(46-30)31(39)40)3-2-11-41-13-15-43-16-14-42-12-9-33-27(36)8-10-34-28(37)6-7-29(34)38/h4-7,17,21,24,26,30,35H,2-3,8-16,18-20H2,1H3,(H,33,36)(H,39,40)/b32-21-. The van der Waals surface area contributed by atoms with E-state index >= 15 is 0 Å². The lowest BCUT2D eigenvalue weighted by atomic mass is 10.0. The minimum absolute atomic E-state index is 0.0129. The van der Waals surface area contributed by atoms with Crippen molar-refractivity contribution < 1.29 is 57.8 Å². The number of ether oxygens (including phenoxy) is 6. The van der Waals surface area contributed by atoms with Gasteiger partial charge in [-0.15, -0.1) is 0 Å². The van der Waals surface area contributed by atoms with Crippen LogP contribution < -0.4 is 10.1 Å². The van der Waals surface area contributed by atoms with E-state index < -0.39 is 36.3 Å². The summed E-state index contributed by atoms with van der Waals surface area (Å²) in [6, 6.07) is 5.63. The highest BCUT2D eigenvalue weighted by Crippen LogP contribution is 2.27. The molecule has 0 bridgehead atoms. The van der Waals surface area contributed by atoms with Crippen molar-refractivity contribution in [3.8, 4) is 5.75 Å². The molecule has 2 aliphatic rings. The Bertz CT molecular complexity index is 1190. The van der Waals surface area contributed by atoms with Crippen molar-refractivity contribution >= 4 is 30.1 Å². The molecule has 15 nitrogen and oxygen atoms in total. The van der Waals surface area contributed by atoms with Gasteiger partial charge in [0.1, 0.15) is 12.4 Å². The maximum Gasteiger partial charge on any atom is 0.333 e. The fourth-order valence-electron chi connectivity index (χ4n) is 4.59. The van der Waals surface area contributed by atoms with Crippen molar-refractivity contribution in [2.24, 2.45) is 4.99 Å². The van der Waals surface area contributed by atoms with Crippen LogP contribution in [0.2, 0.25) is 0 Å². The average Bonchev–Trinajstić information content (AvgIpc) is 3.35. The Balaban J connectivity index is 1.23. The van der Waals surface area contributed by atoms with Gasteiger partial charge in [0.15, 0.2) is 12.5 Å². The first-order valence-corrected chi connectivity index (χ1v) is 15.2. The van der Waals surface area contributed by atoms with Crippen molar-refractivity contribution in [3.05, 3.63) is 41.5 Å². The van der Waals surface area contributed by atoms with Crippen LogP contribution in [0.15, 0.2) is 35.3 Å². The molecular formula is C31H43N3O12. The summed E-state index contributed by atoms with van der Waals surface area (Å²) in [5.41, 5.74) is 1.77. The van der Waals surface area contributed by atoms with Gasteiger partial charge in [0, 0.05) is 63.7 Å². The summed E-state index contributed by atoms with van der Waals surface area (Å²) in [6.07, 6.45) is 2.54. The molecule has 1 fully saturated rings. The smallest absolute Gasteiger partial charge is 0.333 e. The van der Waals surface area contributed by atoms with E-state index in [1.807, 2.05) is 12.1 Å². The van der Waals surface area contributed by atoms with Crippen LogP contribution in [0.5, 0.6) is 5.75 Å². The number of hydrogen-bond donors (Lipinski definition) is 3. The Morgan fingerprint density at radius 1 is 1.04 bits per heavy atom. The molecule has 15 heteroatoms. The molecule has 2 aliphatic heterocycles. The molecule has 3 N–H and O–H groups in total. The molecule has 3 unspecified atom stereocenters. The van der Waals surface area contributed by atoms with Gasteiger partial charge in [0.2, 0.25) is 12.2 Å².